The zero-order valence-electron chi connectivity index (χ0n) is 56.2. The molecule has 1 heterocycles. The van der Waals surface area contributed by atoms with Crippen molar-refractivity contribution in [1.82, 2.24) is 5.32 Å². The van der Waals surface area contributed by atoms with E-state index in [9.17, 15) is 30.3 Å². The minimum atomic E-state index is -1.55. The number of allylic oxidation sites excluding steroid dienone is 2. The van der Waals surface area contributed by atoms with Gasteiger partial charge in [-0.25, -0.2) is 0 Å². The van der Waals surface area contributed by atoms with Crippen LogP contribution in [0.4, 0.5) is 0 Å². The summed E-state index contributed by atoms with van der Waals surface area (Å²) in [5, 5.41) is 55.0. The number of carbonyl (C=O) groups is 1. The Hall–Kier alpha value is -1.07. The summed E-state index contributed by atoms with van der Waals surface area (Å²) in [6, 6.07) is -0.717. The third kappa shape index (κ3) is 52.8. The summed E-state index contributed by atoms with van der Waals surface area (Å²) in [7, 11) is 0. The largest absolute Gasteiger partial charge is 0.394 e. The minimum absolute atomic E-state index is 0.131. The van der Waals surface area contributed by atoms with Crippen LogP contribution < -0.4 is 5.32 Å². The number of unbranched alkanes of at least 4 members (excludes halogenated alkanes) is 56. The average Bonchev–Trinajstić information content (AvgIpc) is 3.70. The van der Waals surface area contributed by atoms with Gasteiger partial charge in [0, 0.05) is 6.42 Å². The number of hydrogen-bond acceptors (Lipinski definition) is 8. The molecule has 84 heavy (non-hydrogen) atoms. The molecule has 7 unspecified atom stereocenters. The van der Waals surface area contributed by atoms with Gasteiger partial charge in [0.05, 0.1) is 25.4 Å². The zero-order valence-corrected chi connectivity index (χ0v) is 56.2. The van der Waals surface area contributed by atoms with E-state index in [1.165, 1.54) is 340 Å². The Morgan fingerprint density at radius 3 is 0.964 bits per heavy atom. The Morgan fingerprint density at radius 1 is 0.393 bits per heavy atom. The molecule has 0 aromatic rings. The molecule has 6 N–H and O–H groups in total. The maximum atomic E-state index is 13.2. The molecule has 9 heteroatoms. The third-order valence-corrected chi connectivity index (χ3v) is 18.6. The van der Waals surface area contributed by atoms with Crippen LogP contribution in [0.5, 0.6) is 0 Å². The topological polar surface area (TPSA) is 149 Å². The number of amides is 1. The highest BCUT2D eigenvalue weighted by molar-refractivity contribution is 5.76. The summed E-state index contributed by atoms with van der Waals surface area (Å²) in [4.78, 5) is 13.2. The first-order valence-electron chi connectivity index (χ1n) is 37.9. The Labute approximate surface area is 522 Å². The van der Waals surface area contributed by atoms with Gasteiger partial charge in [0.2, 0.25) is 5.91 Å². The number of carbonyl (C=O) groups excluding carboxylic acids is 1. The van der Waals surface area contributed by atoms with Gasteiger partial charge in [0.1, 0.15) is 24.4 Å². The van der Waals surface area contributed by atoms with Crippen LogP contribution in [0, 0.1) is 0 Å². The molecular weight excluding hydrogens is 1040 g/mol. The number of ether oxygens (including phenoxy) is 2. The second-order valence-corrected chi connectivity index (χ2v) is 26.8. The molecule has 9 nitrogen and oxygen atoms in total. The molecule has 1 amide bonds. The van der Waals surface area contributed by atoms with Gasteiger partial charge in [0.25, 0.3) is 0 Å². The molecule has 1 aliphatic heterocycles. The molecule has 0 aliphatic carbocycles. The van der Waals surface area contributed by atoms with Crippen LogP contribution >= 0.6 is 0 Å². The normalized spacial score (nSPS) is 18.1. The average molecular weight is 1190 g/mol. The standard InChI is InChI=1S/C75H147NO8/c1-3-5-7-9-11-13-15-17-19-21-23-25-27-29-31-33-34-35-36-37-39-41-43-45-47-49-51-53-55-57-59-61-63-65-71(79)76-68(67-83-75-74(82)73(81)72(80)70(66-77)84-75)69(78)64-62-60-58-56-54-52-50-48-46-44-42-40-38-32-30-28-26-24-22-20-18-16-14-12-10-8-6-4-2/h21,23,68-70,72-75,77-78,80-82H,3-20,22,24-67H2,1-2H3,(H,76,79)/b23-21-. The van der Waals surface area contributed by atoms with E-state index in [0.717, 1.165) is 38.5 Å². The molecule has 500 valence electrons. The van der Waals surface area contributed by atoms with Crippen molar-refractivity contribution in [1.29, 1.82) is 0 Å². The van der Waals surface area contributed by atoms with Crippen LogP contribution in [-0.4, -0.2) is 87.5 Å². The zero-order chi connectivity index (χ0) is 60.7. The lowest BCUT2D eigenvalue weighted by Crippen LogP contribution is -2.60. The Morgan fingerprint density at radius 2 is 0.667 bits per heavy atom. The predicted octanol–water partition coefficient (Wildman–Crippen LogP) is 21.0. The second-order valence-electron chi connectivity index (χ2n) is 26.8. The molecule has 7 atom stereocenters. The summed E-state index contributed by atoms with van der Waals surface area (Å²) >= 11 is 0. The van der Waals surface area contributed by atoms with Crippen molar-refractivity contribution in [3.63, 3.8) is 0 Å². The number of rotatable bonds is 68. The molecule has 0 radical (unpaired) electrons. The van der Waals surface area contributed by atoms with Gasteiger partial charge < -0.3 is 40.3 Å². The Bertz CT molecular complexity index is 1330. The van der Waals surface area contributed by atoms with Crippen molar-refractivity contribution >= 4 is 5.91 Å². The maximum absolute atomic E-state index is 13.2. The van der Waals surface area contributed by atoms with E-state index in [1.807, 2.05) is 0 Å². The lowest BCUT2D eigenvalue weighted by Gasteiger charge is -2.40. The van der Waals surface area contributed by atoms with Crippen LogP contribution in [-0.2, 0) is 14.3 Å². The fourth-order valence-electron chi connectivity index (χ4n) is 12.7. The SMILES string of the molecule is CCCCCCCCCC/C=C\CCCCCCCCCCCCCCCCCCCCCCCC(=O)NC(COC1OC(CO)C(O)C(O)C1O)C(O)CCCCCCCCCCCCCCCCCCCCCCCCCCCCCC. The van der Waals surface area contributed by atoms with Crippen LogP contribution in [0.15, 0.2) is 12.2 Å². The van der Waals surface area contributed by atoms with Crippen LogP contribution in [0.2, 0.25) is 0 Å². The highest BCUT2D eigenvalue weighted by Gasteiger charge is 2.44. The molecule has 0 aromatic carbocycles. The van der Waals surface area contributed by atoms with E-state index in [-0.39, 0.29) is 12.5 Å². The van der Waals surface area contributed by atoms with E-state index in [1.54, 1.807) is 0 Å². The lowest BCUT2D eigenvalue weighted by molar-refractivity contribution is -0.302. The maximum Gasteiger partial charge on any atom is 0.220 e. The second kappa shape index (κ2) is 64.9. The molecule has 1 aliphatic rings. The van der Waals surface area contributed by atoms with Crippen molar-refractivity contribution in [3.8, 4) is 0 Å². The molecule has 0 spiro atoms. The van der Waals surface area contributed by atoms with E-state index >= 15 is 0 Å². The first-order valence-corrected chi connectivity index (χ1v) is 37.9. The molecule has 1 rings (SSSR count). The summed E-state index contributed by atoms with van der Waals surface area (Å²) in [5.41, 5.74) is 0. The van der Waals surface area contributed by atoms with Gasteiger partial charge in [-0.2, -0.15) is 0 Å². The molecule has 1 fully saturated rings. The fourth-order valence-corrected chi connectivity index (χ4v) is 12.7. The first kappa shape index (κ1) is 80.9. The molecule has 0 saturated carbocycles. The first-order chi connectivity index (χ1) is 41.3. The fraction of sp³-hybridized carbons (Fsp3) is 0.960. The van der Waals surface area contributed by atoms with Crippen molar-refractivity contribution in [2.45, 2.75) is 448 Å². The van der Waals surface area contributed by atoms with Gasteiger partial charge in [-0.1, -0.05) is 373 Å². The van der Waals surface area contributed by atoms with E-state index < -0.39 is 49.5 Å². The van der Waals surface area contributed by atoms with E-state index in [2.05, 4.69) is 31.3 Å². The van der Waals surface area contributed by atoms with Crippen LogP contribution in [0.1, 0.15) is 406 Å². The number of nitrogens with one attached hydrogen (secondary N) is 1. The molecule has 0 bridgehead atoms. The monoisotopic (exact) mass is 1190 g/mol. The highest BCUT2D eigenvalue weighted by atomic mass is 16.7. The van der Waals surface area contributed by atoms with Crippen molar-refractivity contribution in [2.75, 3.05) is 13.2 Å². The smallest absolute Gasteiger partial charge is 0.220 e. The van der Waals surface area contributed by atoms with Gasteiger partial charge >= 0.3 is 0 Å². The number of aliphatic hydroxyl groups excluding tert-OH is 5. The quantitative estimate of drug-likeness (QED) is 0.0261. The summed E-state index contributed by atoms with van der Waals surface area (Å²) in [5.74, 6) is -0.133. The Kier molecular flexibility index (Phi) is 62.5. The highest BCUT2D eigenvalue weighted by Crippen LogP contribution is 2.24. The van der Waals surface area contributed by atoms with Crippen molar-refractivity contribution in [2.24, 2.45) is 0 Å². The van der Waals surface area contributed by atoms with E-state index in [0.29, 0.717) is 12.8 Å². The number of aliphatic hydroxyl groups is 5. The Balaban J connectivity index is 2.06. The van der Waals surface area contributed by atoms with Crippen LogP contribution in [0.3, 0.4) is 0 Å². The van der Waals surface area contributed by atoms with Crippen LogP contribution in [0.25, 0.3) is 0 Å². The van der Waals surface area contributed by atoms with Crippen molar-refractivity contribution in [3.05, 3.63) is 12.2 Å². The third-order valence-electron chi connectivity index (χ3n) is 18.6. The summed E-state index contributed by atoms with van der Waals surface area (Å²) in [6.45, 7) is 3.91. The lowest BCUT2D eigenvalue weighted by atomic mass is 9.99. The van der Waals surface area contributed by atoms with Gasteiger partial charge in [-0.3, -0.25) is 4.79 Å². The summed E-state index contributed by atoms with van der Waals surface area (Å²) < 4.78 is 11.4. The predicted molar refractivity (Wildman–Crippen MR) is 360 cm³/mol. The van der Waals surface area contributed by atoms with E-state index in [4.69, 9.17) is 9.47 Å². The van der Waals surface area contributed by atoms with Crippen molar-refractivity contribution < 1.29 is 39.8 Å². The molecule has 1 saturated heterocycles. The minimum Gasteiger partial charge on any atom is -0.394 e. The van der Waals surface area contributed by atoms with Gasteiger partial charge in [-0.15, -0.1) is 0 Å². The molecular formula is C75H147NO8. The molecule has 0 aromatic heterocycles. The van der Waals surface area contributed by atoms with Gasteiger partial charge in [0.15, 0.2) is 6.29 Å². The summed E-state index contributed by atoms with van der Waals surface area (Å²) in [6.07, 6.45) is 77.3. The van der Waals surface area contributed by atoms with Gasteiger partial charge in [-0.05, 0) is 38.5 Å². The number of hydrogen-bond donors (Lipinski definition) is 6.